The Kier molecular flexibility index (Phi) is 5.50. The monoisotopic (exact) mass is 252 g/mol. The first-order valence-corrected chi connectivity index (χ1v) is 8.16. The van der Waals surface area contributed by atoms with Gasteiger partial charge < -0.3 is 5.32 Å². The molecule has 0 spiro atoms. The Labute approximate surface area is 114 Å². The average Bonchev–Trinajstić information content (AvgIpc) is 2.39. The van der Waals surface area contributed by atoms with Crippen LogP contribution in [0, 0.1) is 11.8 Å². The van der Waals surface area contributed by atoms with Crippen molar-refractivity contribution in [1.82, 2.24) is 10.2 Å². The summed E-state index contributed by atoms with van der Waals surface area (Å²) in [4.78, 5) is 2.68. The lowest BCUT2D eigenvalue weighted by molar-refractivity contribution is 0.148. The predicted molar refractivity (Wildman–Crippen MR) is 78.9 cm³/mol. The molecule has 106 valence electrons. The van der Waals surface area contributed by atoms with E-state index in [9.17, 15) is 0 Å². The van der Waals surface area contributed by atoms with Crippen LogP contribution in [0.25, 0.3) is 0 Å². The molecule has 1 saturated carbocycles. The fourth-order valence-corrected chi connectivity index (χ4v) is 3.88. The molecule has 1 N–H and O–H groups in total. The van der Waals surface area contributed by atoms with Gasteiger partial charge in [-0.05, 0) is 57.5 Å². The molecule has 0 aromatic carbocycles. The fourth-order valence-electron chi connectivity index (χ4n) is 3.88. The van der Waals surface area contributed by atoms with Crippen molar-refractivity contribution in [3.05, 3.63) is 0 Å². The molecule has 0 amide bonds. The third kappa shape index (κ3) is 3.71. The predicted octanol–water partition coefficient (Wildman–Crippen LogP) is 3.28. The van der Waals surface area contributed by atoms with Crippen LogP contribution in [0.15, 0.2) is 0 Å². The number of hydrogen-bond donors (Lipinski definition) is 1. The maximum Gasteiger partial charge on any atom is 0.0192 e. The van der Waals surface area contributed by atoms with Gasteiger partial charge in [-0.2, -0.15) is 0 Å². The molecule has 1 aliphatic carbocycles. The molecule has 2 nitrogen and oxygen atoms in total. The van der Waals surface area contributed by atoms with Crippen molar-refractivity contribution in [2.24, 2.45) is 11.8 Å². The van der Waals surface area contributed by atoms with Crippen LogP contribution < -0.4 is 5.32 Å². The van der Waals surface area contributed by atoms with Gasteiger partial charge in [-0.1, -0.05) is 26.7 Å². The van der Waals surface area contributed by atoms with Crippen molar-refractivity contribution in [3.63, 3.8) is 0 Å². The van der Waals surface area contributed by atoms with E-state index in [0.717, 1.165) is 17.9 Å². The van der Waals surface area contributed by atoms with E-state index < -0.39 is 0 Å². The topological polar surface area (TPSA) is 15.3 Å². The molecule has 0 aromatic heterocycles. The van der Waals surface area contributed by atoms with Gasteiger partial charge in [0.2, 0.25) is 0 Å². The Balaban J connectivity index is 1.75. The zero-order valence-corrected chi connectivity index (χ0v) is 12.6. The second-order valence-corrected chi connectivity index (χ2v) is 6.77. The molecule has 0 radical (unpaired) electrons. The van der Waals surface area contributed by atoms with E-state index in [2.05, 4.69) is 31.0 Å². The molecular formula is C16H32N2. The van der Waals surface area contributed by atoms with Crippen molar-refractivity contribution in [1.29, 1.82) is 0 Å². The van der Waals surface area contributed by atoms with Crippen LogP contribution in [0.5, 0.6) is 0 Å². The molecule has 1 heterocycles. The molecule has 1 saturated heterocycles. The molecule has 1 aliphatic heterocycles. The summed E-state index contributed by atoms with van der Waals surface area (Å²) in [6.07, 6.45) is 8.51. The molecule has 3 unspecified atom stereocenters. The number of piperidine rings is 1. The second-order valence-electron chi connectivity index (χ2n) is 6.77. The maximum atomic E-state index is 3.88. The summed E-state index contributed by atoms with van der Waals surface area (Å²) in [5.74, 6) is 1.73. The van der Waals surface area contributed by atoms with Gasteiger partial charge in [-0.15, -0.1) is 0 Å². The van der Waals surface area contributed by atoms with Crippen LogP contribution in [-0.4, -0.2) is 36.6 Å². The van der Waals surface area contributed by atoms with Crippen molar-refractivity contribution in [2.45, 2.75) is 71.4 Å². The van der Waals surface area contributed by atoms with Crippen molar-refractivity contribution in [2.75, 3.05) is 19.6 Å². The normalized spacial score (nSPS) is 36.5. The van der Waals surface area contributed by atoms with Gasteiger partial charge >= 0.3 is 0 Å². The third-order valence-electron chi connectivity index (χ3n) is 5.21. The second kappa shape index (κ2) is 6.91. The zero-order chi connectivity index (χ0) is 13.0. The zero-order valence-electron chi connectivity index (χ0n) is 12.6. The third-order valence-corrected chi connectivity index (χ3v) is 5.21. The number of rotatable bonds is 4. The fraction of sp³-hybridized carbons (Fsp3) is 1.00. The SMILES string of the molecule is CC1CCCC(C)C1NCC(C)N1CCCCC1. The van der Waals surface area contributed by atoms with Gasteiger partial charge in [0.1, 0.15) is 0 Å². The van der Waals surface area contributed by atoms with Gasteiger partial charge in [0.05, 0.1) is 0 Å². The lowest BCUT2D eigenvalue weighted by Crippen LogP contribution is -2.49. The van der Waals surface area contributed by atoms with Crippen LogP contribution in [0.2, 0.25) is 0 Å². The molecule has 2 rings (SSSR count). The highest BCUT2D eigenvalue weighted by Gasteiger charge is 2.28. The Morgan fingerprint density at radius 2 is 1.61 bits per heavy atom. The Morgan fingerprint density at radius 3 is 2.22 bits per heavy atom. The first kappa shape index (κ1) is 14.3. The largest absolute Gasteiger partial charge is 0.312 e. The standard InChI is InChI=1S/C16H32N2/c1-13-8-7-9-14(2)16(13)17-12-15(3)18-10-5-4-6-11-18/h13-17H,4-12H2,1-3H3. The molecule has 0 aromatic rings. The van der Waals surface area contributed by atoms with E-state index in [1.54, 1.807) is 0 Å². The minimum Gasteiger partial charge on any atom is -0.312 e. The Hall–Kier alpha value is -0.0800. The van der Waals surface area contributed by atoms with Crippen molar-refractivity contribution < 1.29 is 0 Å². The molecule has 0 bridgehead atoms. The van der Waals surface area contributed by atoms with Gasteiger partial charge in [0.25, 0.3) is 0 Å². The smallest absolute Gasteiger partial charge is 0.0192 e. The highest BCUT2D eigenvalue weighted by molar-refractivity contribution is 4.85. The van der Waals surface area contributed by atoms with E-state index >= 15 is 0 Å². The molecule has 2 fully saturated rings. The van der Waals surface area contributed by atoms with Crippen LogP contribution in [0.3, 0.4) is 0 Å². The van der Waals surface area contributed by atoms with Gasteiger partial charge in [-0.25, -0.2) is 0 Å². The number of hydrogen-bond acceptors (Lipinski definition) is 2. The van der Waals surface area contributed by atoms with Crippen LogP contribution in [0.4, 0.5) is 0 Å². The molecule has 18 heavy (non-hydrogen) atoms. The highest BCUT2D eigenvalue weighted by atomic mass is 15.2. The van der Waals surface area contributed by atoms with Crippen LogP contribution in [-0.2, 0) is 0 Å². The lowest BCUT2D eigenvalue weighted by Gasteiger charge is -2.38. The van der Waals surface area contributed by atoms with Crippen molar-refractivity contribution in [3.8, 4) is 0 Å². The number of likely N-dealkylation sites (tertiary alicyclic amines) is 1. The van der Waals surface area contributed by atoms with E-state index in [4.69, 9.17) is 0 Å². The van der Waals surface area contributed by atoms with E-state index in [0.29, 0.717) is 6.04 Å². The van der Waals surface area contributed by atoms with Crippen molar-refractivity contribution >= 4 is 0 Å². The summed E-state index contributed by atoms with van der Waals surface area (Å²) in [5, 5.41) is 3.88. The molecular weight excluding hydrogens is 220 g/mol. The Morgan fingerprint density at radius 1 is 1.00 bits per heavy atom. The molecule has 3 atom stereocenters. The van der Waals surface area contributed by atoms with Gasteiger partial charge in [0, 0.05) is 18.6 Å². The molecule has 2 aliphatic rings. The summed E-state index contributed by atoms with van der Waals surface area (Å²) in [6.45, 7) is 11.1. The average molecular weight is 252 g/mol. The Bertz CT molecular complexity index is 225. The molecule has 2 heteroatoms. The summed E-state index contributed by atoms with van der Waals surface area (Å²) in [6, 6.07) is 1.47. The number of nitrogens with zero attached hydrogens (tertiary/aromatic N) is 1. The summed E-state index contributed by atoms with van der Waals surface area (Å²) in [5.41, 5.74) is 0. The van der Waals surface area contributed by atoms with E-state index in [1.807, 2.05) is 0 Å². The highest BCUT2D eigenvalue weighted by Crippen LogP contribution is 2.28. The first-order chi connectivity index (χ1) is 8.68. The summed E-state index contributed by atoms with van der Waals surface area (Å²) < 4.78 is 0. The lowest BCUT2D eigenvalue weighted by atomic mass is 9.78. The first-order valence-electron chi connectivity index (χ1n) is 8.16. The summed E-state index contributed by atoms with van der Waals surface area (Å²) in [7, 11) is 0. The van der Waals surface area contributed by atoms with Crippen LogP contribution in [0.1, 0.15) is 59.3 Å². The maximum absolute atomic E-state index is 3.88. The van der Waals surface area contributed by atoms with Gasteiger partial charge in [-0.3, -0.25) is 4.90 Å². The minimum absolute atomic E-state index is 0.714. The summed E-state index contributed by atoms with van der Waals surface area (Å²) >= 11 is 0. The number of nitrogens with one attached hydrogen (secondary N) is 1. The van der Waals surface area contributed by atoms with E-state index in [1.165, 1.54) is 58.2 Å². The quantitative estimate of drug-likeness (QED) is 0.826. The van der Waals surface area contributed by atoms with Gasteiger partial charge in [0.15, 0.2) is 0 Å². The van der Waals surface area contributed by atoms with Crippen LogP contribution >= 0.6 is 0 Å². The minimum atomic E-state index is 0.714. The van der Waals surface area contributed by atoms with E-state index in [-0.39, 0.29) is 0 Å².